The zero-order valence-corrected chi connectivity index (χ0v) is 18.2. The second-order valence-corrected chi connectivity index (χ2v) is 7.62. The third kappa shape index (κ3) is 5.93. The Morgan fingerprint density at radius 1 is 1.17 bits per heavy atom. The third-order valence-electron chi connectivity index (χ3n) is 4.30. The van der Waals surface area contributed by atoms with Crippen molar-refractivity contribution in [2.75, 3.05) is 37.4 Å². The van der Waals surface area contributed by atoms with Gasteiger partial charge >= 0.3 is 0 Å². The van der Waals surface area contributed by atoms with E-state index in [0.717, 1.165) is 34.2 Å². The van der Waals surface area contributed by atoms with Crippen LogP contribution in [0.15, 0.2) is 41.7 Å². The van der Waals surface area contributed by atoms with E-state index in [0.29, 0.717) is 38.4 Å². The normalized spacial score (nSPS) is 11.0. The molecule has 3 aromatic rings. The van der Waals surface area contributed by atoms with Crippen molar-refractivity contribution < 1.29 is 9.53 Å². The Morgan fingerprint density at radius 3 is 2.77 bits per heavy atom. The highest BCUT2D eigenvalue weighted by molar-refractivity contribution is 7.99. The summed E-state index contributed by atoms with van der Waals surface area (Å²) >= 11 is 1.63. The van der Waals surface area contributed by atoms with Crippen LogP contribution in [0.25, 0.3) is 11.0 Å². The smallest absolute Gasteiger partial charge is 0.251 e. The standard InChI is InChI=1S/C21H28N6O2S/c1-3-14-30-21-25-18(22-11-13-29-4-2)17-15-24-27(19(17)26-21)12-10-23-20(28)16-8-6-5-7-9-16/h5-9,15H,3-4,10-14H2,1-2H3,(H,23,28)(H,22,25,26). The number of carbonyl (C=O) groups is 1. The highest BCUT2D eigenvalue weighted by Crippen LogP contribution is 2.24. The molecule has 2 heterocycles. The molecule has 0 aliphatic rings. The van der Waals surface area contributed by atoms with E-state index < -0.39 is 0 Å². The van der Waals surface area contributed by atoms with Gasteiger partial charge in [-0.1, -0.05) is 36.9 Å². The van der Waals surface area contributed by atoms with Gasteiger partial charge in [0.25, 0.3) is 5.91 Å². The molecule has 0 aliphatic carbocycles. The minimum Gasteiger partial charge on any atom is -0.380 e. The van der Waals surface area contributed by atoms with Crippen molar-refractivity contribution in [3.05, 3.63) is 42.1 Å². The summed E-state index contributed by atoms with van der Waals surface area (Å²) in [6.07, 6.45) is 2.82. The lowest BCUT2D eigenvalue weighted by atomic mass is 10.2. The van der Waals surface area contributed by atoms with E-state index in [-0.39, 0.29) is 5.91 Å². The molecule has 8 nitrogen and oxygen atoms in total. The summed E-state index contributed by atoms with van der Waals surface area (Å²) in [6, 6.07) is 9.18. The quantitative estimate of drug-likeness (QED) is 0.260. The number of carbonyl (C=O) groups excluding carboxylic acids is 1. The van der Waals surface area contributed by atoms with Gasteiger partial charge in [-0.05, 0) is 25.5 Å². The van der Waals surface area contributed by atoms with Crippen LogP contribution < -0.4 is 10.6 Å². The van der Waals surface area contributed by atoms with E-state index in [1.807, 2.05) is 29.8 Å². The molecule has 0 aliphatic heterocycles. The number of fused-ring (bicyclic) bond motifs is 1. The predicted octanol–water partition coefficient (Wildman–Crippen LogP) is 3.21. The molecule has 0 saturated carbocycles. The number of thioether (sulfide) groups is 1. The van der Waals surface area contributed by atoms with E-state index in [9.17, 15) is 4.79 Å². The van der Waals surface area contributed by atoms with Gasteiger partial charge in [0.05, 0.1) is 24.7 Å². The Balaban J connectivity index is 1.71. The fourth-order valence-corrected chi connectivity index (χ4v) is 3.54. The zero-order chi connectivity index (χ0) is 21.2. The van der Waals surface area contributed by atoms with Crippen LogP contribution in [0.5, 0.6) is 0 Å². The molecule has 0 spiro atoms. The highest BCUT2D eigenvalue weighted by Gasteiger charge is 2.13. The zero-order valence-electron chi connectivity index (χ0n) is 17.4. The van der Waals surface area contributed by atoms with Crippen LogP contribution in [0.2, 0.25) is 0 Å². The second-order valence-electron chi connectivity index (χ2n) is 6.55. The molecule has 0 radical (unpaired) electrons. The molecular weight excluding hydrogens is 400 g/mol. The number of nitrogens with zero attached hydrogens (tertiary/aromatic N) is 4. The summed E-state index contributed by atoms with van der Waals surface area (Å²) in [5.41, 5.74) is 1.40. The average molecular weight is 429 g/mol. The lowest BCUT2D eigenvalue weighted by molar-refractivity contribution is 0.0952. The molecule has 0 saturated heterocycles. The van der Waals surface area contributed by atoms with Gasteiger partial charge in [0.2, 0.25) is 0 Å². The summed E-state index contributed by atoms with van der Waals surface area (Å²) in [4.78, 5) is 21.6. The maximum atomic E-state index is 12.2. The summed E-state index contributed by atoms with van der Waals surface area (Å²) in [7, 11) is 0. The maximum absolute atomic E-state index is 12.2. The lowest BCUT2D eigenvalue weighted by Crippen LogP contribution is -2.27. The summed E-state index contributed by atoms with van der Waals surface area (Å²) in [5.74, 6) is 1.61. The van der Waals surface area contributed by atoms with Crippen LogP contribution in [-0.2, 0) is 11.3 Å². The van der Waals surface area contributed by atoms with Crippen LogP contribution >= 0.6 is 11.8 Å². The largest absolute Gasteiger partial charge is 0.380 e. The van der Waals surface area contributed by atoms with Crippen LogP contribution in [0.1, 0.15) is 30.6 Å². The average Bonchev–Trinajstić information content (AvgIpc) is 3.18. The van der Waals surface area contributed by atoms with Crippen molar-refractivity contribution in [1.82, 2.24) is 25.1 Å². The monoisotopic (exact) mass is 428 g/mol. The first-order valence-corrected chi connectivity index (χ1v) is 11.2. The highest BCUT2D eigenvalue weighted by atomic mass is 32.2. The molecule has 0 atom stereocenters. The first-order chi connectivity index (χ1) is 14.7. The van der Waals surface area contributed by atoms with E-state index in [1.54, 1.807) is 30.1 Å². The van der Waals surface area contributed by atoms with Gasteiger partial charge in [-0.3, -0.25) is 4.79 Å². The first-order valence-electron chi connectivity index (χ1n) is 10.2. The SMILES string of the molecule is CCCSc1nc(NCCOCC)c2cnn(CCNC(=O)c3ccccc3)c2n1. The van der Waals surface area contributed by atoms with E-state index in [2.05, 4.69) is 27.6 Å². The van der Waals surface area contributed by atoms with E-state index in [1.165, 1.54) is 0 Å². The predicted molar refractivity (Wildman–Crippen MR) is 120 cm³/mol. The molecule has 1 amide bonds. The number of nitrogens with one attached hydrogen (secondary N) is 2. The fraction of sp³-hybridized carbons (Fsp3) is 0.429. The second kappa shape index (κ2) is 11.5. The van der Waals surface area contributed by atoms with Gasteiger partial charge in [-0.15, -0.1) is 0 Å². The van der Waals surface area contributed by atoms with Crippen molar-refractivity contribution in [2.45, 2.75) is 32.0 Å². The van der Waals surface area contributed by atoms with Gasteiger partial charge in [-0.25, -0.2) is 14.6 Å². The minimum absolute atomic E-state index is 0.0980. The van der Waals surface area contributed by atoms with Crippen LogP contribution in [-0.4, -0.2) is 57.7 Å². The number of rotatable bonds is 12. The fourth-order valence-electron chi connectivity index (χ4n) is 2.84. The molecule has 2 N–H and O–H groups in total. The Kier molecular flexibility index (Phi) is 8.46. The number of hydrogen-bond acceptors (Lipinski definition) is 7. The molecule has 3 rings (SSSR count). The lowest BCUT2D eigenvalue weighted by Gasteiger charge is -2.10. The summed E-state index contributed by atoms with van der Waals surface area (Å²) in [5, 5.41) is 12.3. The third-order valence-corrected chi connectivity index (χ3v) is 5.35. The van der Waals surface area contributed by atoms with Gasteiger partial charge in [0.1, 0.15) is 5.82 Å². The van der Waals surface area contributed by atoms with Gasteiger partial charge in [-0.2, -0.15) is 5.10 Å². The van der Waals surface area contributed by atoms with Crippen molar-refractivity contribution in [2.24, 2.45) is 0 Å². The number of amides is 1. The molecule has 0 fully saturated rings. The molecular formula is C21H28N6O2S. The first kappa shape index (κ1) is 22.0. The molecule has 160 valence electrons. The van der Waals surface area contributed by atoms with Gasteiger partial charge < -0.3 is 15.4 Å². The van der Waals surface area contributed by atoms with Crippen LogP contribution in [0, 0.1) is 0 Å². The molecule has 0 unspecified atom stereocenters. The molecule has 0 bridgehead atoms. The Hall–Kier alpha value is -2.65. The molecule has 30 heavy (non-hydrogen) atoms. The van der Waals surface area contributed by atoms with E-state index in [4.69, 9.17) is 9.72 Å². The Labute approximate surface area is 180 Å². The summed E-state index contributed by atoms with van der Waals surface area (Å²) in [6.45, 7) is 7.05. The van der Waals surface area contributed by atoms with Crippen LogP contribution in [0.3, 0.4) is 0 Å². The van der Waals surface area contributed by atoms with Crippen molar-refractivity contribution in [1.29, 1.82) is 0 Å². The summed E-state index contributed by atoms with van der Waals surface area (Å²) < 4.78 is 7.22. The maximum Gasteiger partial charge on any atom is 0.251 e. The van der Waals surface area contributed by atoms with Crippen LogP contribution in [0.4, 0.5) is 5.82 Å². The van der Waals surface area contributed by atoms with Crippen molar-refractivity contribution >= 4 is 34.5 Å². The van der Waals surface area contributed by atoms with Gasteiger partial charge in [0.15, 0.2) is 10.8 Å². The topological polar surface area (TPSA) is 94.0 Å². The van der Waals surface area contributed by atoms with Gasteiger partial charge in [0, 0.05) is 31.0 Å². The minimum atomic E-state index is -0.0980. The van der Waals surface area contributed by atoms with Crippen molar-refractivity contribution in [3.8, 4) is 0 Å². The number of anilines is 1. The molecule has 9 heteroatoms. The van der Waals surface area contributed by atoms with E-state index >= 15 is 0 Å². The molecule has 1 aromatic carbocycles. The number of benzene rings is 1. The number of hydrogen-bond donors (Lipinski definition) is 2. The molecule has 2 aromatic heterocycles. The van der Waals surface area contributed by atoms with Crippen molar-refractivity contribution in [3.63, 3.8) is 0 Å². The Morgan fingerprint density at radius 2 is 2.00 bits per heavy atom. The number of aromatic nitrogens is 4. The number of ether oxygens (including phenoxy) is 1. The Bertz CT molecular complexity index is 947.